The summed E-state index contributed by atoms with van der Waals surface area (Å²) >= 11 is 0. The molecule has 0 aliphatic heterocycles. The highest BCUT2D eigenvalue weighted by Crippen LogP contribution is 2.03. The summed E-state index contributed by atoms with van der Waals surface area (Å²) in [6.45, 7) is 1.60. The number of rotatable bonds is 4. The number of allylic oxidation sites excluding steroid dienone is 2. The number of carbonyl (C=O) groups is 1. The predicted octanol–water partition coefficient (Wildman–Crippen LogP) is 3.12. The standard InChI is InChI=1S/C13H14O2/c1-11(13(14)15)7-5-6-10-12-8-3-2-4-9-12/h2-4,6-10H,5H2,1H3,(H,14,15)/b10-6+,11-7+. The van der Waals surface area contributed by atoms with E-state index in [0.29, 0.717) is 12.0 Å². The third kappa shape index (κ3) is 4.27. The van der Waals surface area contributed by atoms with E-state index in [1.807, 2.05) is 42.5 Å². The molecule has 1 N–H and O–H groups in total. The number of hydrogen-bond acceptors (Lipinski definition) is 1. The van der Waals surface area contributed by atoms with Gasteiger partial charge in [0.05, 0.1) is 0 Å². The van der Waals surface area contributed by atoms with Crippen LogP contribution in [0, 0.1) is 0 Å². The Labute approximate surface area is 89.6 Å². The van der Waals surface area contributed by atoms with Crippen LogP contribution in [0.15, 0.2) is 48.1 Å². The van der Waals surface area contributed by atoms with Crippen LogP contribution in [0.4, 0.5) is 0 Å². The molecule has 0 saturated heterocycles. The molecule has 1 rings (SSSR count). The van der Waals surface area contributed by atoms with E-state index in [9.17, 15) is 4.79 Å². The van der Waals surface area contributed by atoms with Gasteiger partial charge in [0.15, 0.2) is 0 Å². The Hall–Kier alpha value is -1.83. The zero-order valence-electron chi connectivity index (χ0n) is 8.68. The van der Waals surface area contributed by atoms with Gasteiger partial charge in [0, 0.05) is 5.57 Å². The second-order valence-electron chi connectivity index (χ2n) is 3.24. The summed E-state index contributed by atoms with van der Waals surface area (Å²) in [5, 5.41) is 8.61. The fourth-order valence-electron chi connectivity index (χ4n) is 1.10. The number of aliphatic carboxylic acids is 1. The fourth-order valence-corrected chi connectivity index (χ4v) is 1.10. The minimum atomic E-state index is -0.858. The maximum atomic E-state index is 10.5. The highest BCUT2D eigenvalue weighted by Gasteiger charge is 1.96. The quantitative estimate of drug-likeness (QED) is 0.761. The van der Waals surface area contributed by atoms with E-state index in [1.165, 1.54) is 0 Å². The average molecular weight is 202 g/mol. The molecular weight excluding hydrogens is 188 g/mol. The summed E-state index contributed by atoms with van der Waals surface area (Å²) < 4.78 is 0. The second-order valence-corrected chi connectivity index (χ2v) is 3.24. The first kappa shape index (κ1) is 11.2. The summed E-state index contributed by atoms with van der Waals surface area (Å²) in [5.41, 5.74) is 1.51. The molecule has 0 unspecified atom stereocenters. The van der Waals surface area contributed by atoms with E-state index >= 15 is 0 Å². The monoisotopic (exact) mass is 202 g/mol. The molecule has 0 saturated carbocycles. The Morgan fingerprint density at radius 3 is 2.60 bits per heavy atom. The van der Waals surface area contributed by atoms with Crippen LogP contribution in [0.3, 0.4) is 0 Å². The molecule has 1 aromatic rings. The Kier molecular flexibility index (Phi) is 4.35. The lowest BCUT2D eigenvalue weighted by atomic mass is 10.2. The zero-order chi connectivity index (χ0) is 11.1. The highest BCUT2D eigenvalue weighted by molar-refractivity contribution is 5.85. The Balaban J connectivity index is 2.48. The van der Waals surface area contributed by atoms with Crippen molar-refractivity contribution in [2.24, 2.45) is 0 Å². The van der Waals surface area contributed by atoms with Crippen LogP contribution < -0.4 is 0 Å². The van der Waals surface area contributed by atoms with Gasteiger partial charge in [0.2, 0.25) is 0 Å². The lowest BCUT2D eigenvalue weighted by molar-refractivity contribution is -0.132. The summed E-state index contributed by atoms with van der Waals surface area (Å²) in [6.07, 6.45) is 6.27. The Bertz CT molecular complexity index is 375. The molecule has 78 valence electrons. The van der Waals surface area contributed by atoms with Crippen LogP contribution in [0.2, 0.25) is 0 Å². The first-order chi connectivity index (χ1) is 7.20. The fraction of sp³-hybridized carbons (Fsp3) is 0.154. The van der Waals surface area contributed by atoms with Crippen molar-refractivity contribution in [3.8, 4) is 0 Å². The third-order valence-corrected chi connectivity index (χ3v) is 2.01. The lowest BCUT2D eigenvalue weighted by Gasteiger charge is -1.91. The van der Waals surface area contributed by atoms with Gasteiger partial charge in [0.25, 0.3) is 0 Å². The second kappa shape index (κ2) is 5.81. The first-order valence-corrected chi connectivity index (χ1v) is 4.82. The van der Waals surface area contributed by atoms with E-state index < -0.39 is 5.97 Å². The van der Waals surface area contributed by atoms with Gasteiger partial charge in [0.1, 0.15) is 0 Å². The minimum Gasteiger partial charge on any atom is -0.478 e. The van der Waals surface area contributed by atoms with Crippen LogP contribution >= 0.6 is 0 Å². The van der Waals surface area contributed by atoms with Crippen molar-refractivity contribution in [3.63, 3.8) is 0 Å². The third-order valence-electron chi connectivity index (χ3n) is 2.01. The van der Waals surface area contributed by atoms with Crippen molar-refractivity contribution in [2.45, 2.75) is 13.3 Å². The molecule has 0 spiro atoms. The maximum Gasteiger partial charge on any atom is 0.330 e. The lowest BCUT2D eigenvalue weighted by Crippen LogP contribution is -1.94. The van der Waals surface area contributed by atoms with Crippen LogP contribution in [0.5, 0.6) is 0 Å². The predicted molar refractivity (Wildman–Crippen MR) is 61.5 cm³/mol. The van der Waals surface area contributed by atoms with Gasteiger partial charge in [-0.15, -0.1) is 0 Å². The molecular formula is C13H14O2. The molecule has 0 bridgehead atoms. The van der Waals surface area contributed by atoms with Crippen molar-refractivity contribution in [2.75, 3.05) is 0 Å². The molecule has 1 aromatic carbocycles. The largest absolute Gasteiger partial charge is 0.478 e. The molecule has 2 heteroatoms. The van der Waals surface area contributed by atoms with Gasteiger partial charge in [-0.05, 0) is 18.9 Å². The SMILES string of the molecule is C/C(=C\C/C=C/c1ccccc1)C(=O)O. The summed E-state index contributed by atoms with van der Waals surface area (Å²) in [7, 11) is 0. The molecule has 0 aromatic heterocycles. The van der Waals surface area contributed by atoms with Gasteiger partial charge >= 0.3 is 5.97 Å². The summed E-state index contributed by atoms with van der Waals surface area (Å²) in [6, 6.07) is 9.91. The van der Waals surface area contributed by atoms with Crippen LogP contribution in [-0.4, -0.2) is 11.1 Å². The maximum absolute atomic E-state index is 10.5. The van der Waals surface area contributed by atoms with E-state index in [4.69, 9.17) is 5.11 Å². The zero-order valence-corrected chi connectivity index (χ0v) is 8.68. The van der Waals surface area contributed by atoms with Crippen LogP contribution in [0.25, 0.3) is 6.08 Å². The summed E-state index contributed by atoms with van der Waals surface area (Å²) in [5.74, 6) is -0.858. The number of carboxylic acid groups (broad SMARTS) is 1. The van der Waals surface area contributed by atoms with Crippen molar-refractivity contribution in [3.05, 3.63) is 53.6 Å². The molecule has 0 heterocycles. The van der Waals surface area contributed by atoms with Gasteiger partial charge in [-0.2, -0.15) is 0 Å². The van der Waals surface area contributed by atoms with Crippen LogP contribution in [-0.2, 0) is 4.79 Å². The topological polar surface area (TPSA) is 37.3 Å². The Morgan fingerprint density at radius 2 is 2.00 bits per heavy atom. The van der Waals surface area contributed by atoms with Crippen molar-refractivity contribution in [1.82, 2.24) is 0 Å². The Morgan fingerprint density at radius 1 is 1.33 bits per heavy atom. The van der Waals surface area contributed by atoms with Crippen molar-refractivity contribution < 1.29 is 9.90 Å². The summed E-state index contributed by atoms with van der Waals surface area (Å²) in [4.78, 5) is 10.5. The van der Waals surface area contributed by atoms with Crippen molar-refractivity contribution >= 4 is 12.0 Å². The van der Waals surface area contributed by atoms with Crippen molar-refractivity contribution in [1.29, 1.82) is 0 Å². The first-order valence-electron chi connectivity index (χ1n) is 4.82. The molecule has 0 atom stereocenters. The smallest absolute Gasteiger partial charge is 0.330 e. The molecule has 0 aliphatic rings. The molecule has 0 radical (unpaired) electrons. The van der Waals surface area contributed by atoms with Gasteiger partial charge in [-0.1, -0.05) is 48.6 Å². The molecule has 0 aliphatic carbocycles. The minimum absolute atomic E-state index is 0.382. The van der Waals surface area contributed by atoms with Gasteiger partial charge < -0.3 is 5.11 Å². The number of hydrogen-bond donors (Lipinski definition) is 1. The number of carboxylic acids is 1. The van der Waals surface area contributed by atoms with E-state index in [1.54, 1.807) is 13.0 Å². The average Bonchev–Trinajstić information content (AvgIpc) is 2.25. The van der Waals surface area contributed by atoms with Gasteiger partial charge in [-0.25, -0.2) is 4.79 Å². The van der Waals surface area contributed by atoms with Crippen LogP contribution in [0.1, 0.15) is 18.9 Å². The van der Waals surface area contributed by atoms with E-state index in [0.717, 1.165) is 5.56 Å². The molecule has 2 nitrogen and oxygen atoms in total. The van der Waals surface area contributed by atoms with Gasteiger partial charge in [-0.3, -0.25) is 0 Å². The number of benzene rings is 1. The molecule has 15 heavy (non-hydrogen) atoms. The van der Waals surface area contributed by atoms with E-state index in [2.05, 4.69) is 0 Å². The normalized spacial score (nSPS) is 11.9. The highest BCUT2D eigenvalue weighted by atomic mass is 16.4. The molecule has 0 amide bonds. The molecule has 0 fully saturated rings. The van der Waals surface area contributed by atoms with E-state index in [-0.39, 0.29) is 0 Å².